The topological polar surface area (TPSA) is 55.1 Å². The van der Waals surface area contributed by atoms with Crippen molar-refractivity contribution in [1.29, 1.82) is 0 Å². The fraction of sp³-hybridized carbons (Fsp3) is 0.130. The van der Waals surface area contributed by atoms with E-state index in [2.05, 4.69) is 29.4 Å². The van der Waals surface area contributed by atoms with Crippen molar-refractivity contribution in [2.24, 2.45) is 0 Å². The molecule has 4 aromatic rings. The molecular weight excluding hydrogens is 336 g/mol. The molecule has 0 aliphatic carbocycles. The van der Waals surface area contributed by atoms with E-state index in [1.165, 1.54) is 5.56 Å². The molecule has 4 heteroatoms. The van der Waals surface area contributed by atoms with Crippen LogP contribution in [0.5, 0.6) is 0 Å². The maximum Gasteiger partial charge on any atom is 0.255 e. The predicted molar refractivity (Wildman–Crippen MR) is 107 cm³/mol. The second-order valence-electron chi connectivity index (χ2n) is 6.46. The van der Waals surface area contributed by atoms with Gasteiger partial charge in [0.1, 0.15) is 5.52 Å². The van der Waals surface area contributed by atoms with Gasteiger partial charge in [0.25, 0.3) is 5.91 Å². The molecule has 0 aliphatic rings. The summed E-state index contributed by atoms with van der Waals surface area (Å²) < 4.78 is 5.84. The van der Waals surface area contributed by atoms with Crippen LogP contribution in [0.25, 0.3) is 11.1 Å². The number of aromatic nitrogens is 1. The van der Waals surface area contributed by atoms with Crippen molar-refractivity contribution >= 4 is 22.7 Å². The van der Waals surface area contributed by atoms with E-state index in [9.17, 15) is 4.79 Å². The average molecular weight is 356 g/mol. The predicted octanol–water partition coefficient (Wildman–Crippen LogP) is 5.23. The molecule has 1 aromatic heterocycles. The number of benzene rings is 3. The van der Waals surface area contributed by atoms with Crippen LogP contribution in [0.15, 0.2) is 77.2 Å². The van der Waals surface area contributed by atoms with Gasteiger partial charge in [0.05, 0.1) is 0 Å². The third-order valence-electron chi connectivity index (χ3n) is 4.51. The number of hydrogen-bond acceptors (Lipinski definition) is 3. The number of aryl methyl sites for hydroxylation is 1. The lowest BCUT2D eigenvalue weighted by Crippen LogP contribution is -2.11. The van der Waals surface area contributed by atoms with Gasteiger partial charge in [-0.2, -0.15) is 0 Å². The van der Waals surface area contributed by atoms with Crippen molar-refractivity contribution in [1.82, 2.24) is 4.98 Å². The average Bonchev–Trinajstić information content (AvgIpc) is 3.11. The Morgan fingerprint density at radius 2 is 1.70 bits per heavy atom. The maximum atomic E-state index is 12.2. The maximum absolute atomic E-state index is 12.2. The molecule has 0 saturated carbocycles. The zero-order valence-electron chi connectivity index (χ0n) is 15.1. The van der Waals surface area contributed by atoms with E-state index in [4.69, 9.17) is 4.42 Å². The fourth-order valence-electron chi connectivity index (χ4n) is 2.99. The van der Waals surface area contributed by atoms with Crippen molar-refractivity contribution in [2.45, 2.75) is 19.8 Å². The molecule has 4 nitrogen and oxygen atoms in total. The number of nitrogens with one attached hydrogen (secondary N) is 1. The lowest BCUT2D eigenvalue weighted by Gasteiger charge is -2.06. The molecule has 0 radical (unpaired) electrons. The van der Waals surface area contributed by atoms with Gasteiger partial charge in [0.2, 0.25) is 0 Å². The molecule has 0 aliphatic heterocycles. The Bertz CT molecular complexity index is 1070. The van der Waals surface area contributed by atoms with Gasteiger partial charge in [-0.15, -0.1) is 0 Å². The van der Waals surface area contributed by atoms with E-state index in [-0.39, 0.29) is 5.91 Å². The summed E-state index contributed by atoms with van der Waals surface area (Å²) in [5.41, 5.74) is 5.44. The SMILES string of the molecule is CCc1ccc2oc(Cc3ccc(NC(=O)c4ccccc4)cc3)nc2c1. The van der Waals surface area contributed by atoms with Crippen LogP contribution < -0.4 is 5.32 Å². The molecule has 1 amide bonds. The van der Waals surface area contributed by atoms with Crippen molar-refractivity contribution in [3.63, 3.8) is 0 Å². The second-order valence-corrected chi connectivity index (χ2v) is 6.46. The molecular formula is C23H20N2O2. The number of carbonyl (C=O) groups excluding carboxylic acids is 1. The minimum Gasteiger partial charge on any atom is -0.440 e. The minimum absolute atomic E-state index is 0.117. The monoisotopic (exact) mass is 356 g/mol. The molecule has 0 fully saturated rings. The van der Waals surface area contributed by atoms with Crippen LogP contribution in [0.2, 0.25) is 0 Å². The highest BCUT2D eigenvalue weighted by Crippen LogP contribution is 2.20. The van der Waals surface area contributed by atoms with Crippen molar-refractivity contribution in [2.75, 3.05) is 5.32 Å². The summed E-state index contributed by atoms with van der Waals surface area (Å²) in [6, 6.07) is 23.0. The normalized spacial score (nSPS) is 10.9. The van der Waals surface area contributed by atoms with Gasteiger partial charge in [0.15, 0.2) is 11.5 Å². The van der Waals surface area contributed by atoms with Crippen LogP contribution in [-0.2, 0) is 12.8 Å². The Morgan fingerprint density at radius 3 is 2.44 bits per heavy atom. The second kappa shape index (κ2) is 7.46. The lowest BCUT2D eigenvalue weighted by atomic mass is 10.1. The standard InChI is InChI=1S/C23H20N2O2/c1-2-16-10-13-21-20(14-16)25-22(27-21)15-17-8-11-19(12-9-17)24-23(26)18-6-4-3-5-7-18/h3-14H,2,15H2,1H3,(H,24,26). The Kier molecular flexibility index (Phi) is 4.71. The summed E-state index contributed by atoms with van der Waals surface area (Å²) in [5.74, 6) is 0.577. The first-order valence-corrected chi connectivity index (χ1v) is 9.05. The third kappa shape index (κ3) is 3.90. The van der Waals surface area contributed by atoms with Gasteiger partial charge in [-0.05, 0) is 53.9 Å². The van der Waals surface area contributed by atoms with E-state index in [0.717, 1.165) is 28.8 Å². The molecule has 0 atom stereocenters. The summed E-state index contributed by atoms with van der Waals surface area (Å²) in [6.07, 6.45) is 1.59. The van der Waals surface area contributed by atoms with Crippen molar-refractivity contribution in [3.8, 4) is 0 Å². The van der Waals surface area contributed by atoms with E-state index >= 15 is 0 Å². The van der Waals surface area contributed by atoms with Gasteiger partial charge in [-0.3, -0.25) is 4.79 Å². The summed E-state index contributed by atoms with van der Waals surface area (Å²) in [4.78, 5) is 16.8. The van der Waals surface area contributed by atoms with Crippen LogP contribution in [0.3, 0.4) is 0 Å². The van der Waals surface area contributed by atoms with Gasteiger partial charge < -0.3 is 9.73 Å². The van der Waals surface area contributed by atoms with E-state index in [0.29, 0.717) is 17.9 Å². The van der Waals surface area contributed by atoms with E-state index in [1.54, 1.807) is 12.1 Å². The number of nitrogens with zero attached hydrogens (tertiary/aromatic N) is 1. The zero-order valence-corrected chi connectivity index (χ0v) is 15.1. The Morgan fingerprint density at radius 1 is 0.963 bits per heavy atom. The molecule has 134 valence electrons. The number of oxazole rings is 1. The molecule has 0 saturated heterocycles. The molecule has 0 unspecified atom stereocenters. The third-order valence-corrected chi connectivity index (χ3v) is 4.51. The number of carbonyl (C=O) groups is 1. The Hall–Kier alpha value is -3.40. The van der Waals surface area contributed by atoms with Crippen LogP contribution in [0, 0.1) is 0 Å². The van der Waals surface area contributed by atoms with Gasteiger partial charge in [-0.25, -0.2) is 4.98 Å². The molecule has 3 aromatic carbocycles. The first-order chi connectivity index (χ1) is 13.2. The van der Waals surface area contributed by atoms with Crippen LogP contribution in [0.1, 0.15) is 34.3 Å². The number of hydrogen-bond donors (Lipinski definition) is 1. The van der Waals surface area contributed by atoms with Crippen LogP contribution in [0.4, 0.5) is 5.69 Å². The summed E-state index contributed by atoms with van der Waals surface area (Å²) in [7, 11) is 0. The number of rotatable bonds is 5. The van der Waals surface area contributed by atoms with E-state index in [1.807, 2.05) is 48.5 Å². The molecule has 27 heavy (non-hydrogen) atoms. The first kappa shape index (κ1) is 17.0. The van der Waals surface area contributed by atoms with Gasteiger partial charge in [-0.1, -0.05) is 43.3 Å². The number of amides is 1. The summed E-state index contributed by atoms with van der Waals surface area (Å²) in [6.45, 7) is 2.13. The fourth-order valence-corrected chi connectivity index (χ4v) is 2.99. The minimum atomic E-state index is -0.117. The lowest BCUT2D eigenvalue weighted by molar-refractivity contribution is 0.102. The highest BCUT2D eigenvalue weighted by molar-refractivity contribution is 6.04. The highest BCUT2D eigenvalue weighted by atomic mass is 16.3. The zero-order chi connectivity index (χ0) is 18.6. The van der Waals surface area contributed by atoms with Gasteiger partial charge >= 0.3 is 0 Å². The van der Waals surface area contributed by atoms with Crippen LogP contribution in [-0.4, -0.2) is 10.9 Å². The smallest absolute Gasteiger partial charge is 0.255 e. The molecule has 1 N–H and O–H groups in total. The molecule has 0 spiro atoms. The first-order valence-electron chi connectivity index (χ1n) is 9.05. The van der Waals surface area contributed by atoms with E-state index < -0.39 is 0 Å². The largest absolute Gasteiger partial charge is 0.440 e. The Balaban J connectivity index is 1.45. The summed E-state index contributed by atoms with van der Waals surface area (Å²) >= 11 is 0. The Labute approximate surface area is 157 Å². The quantitative estimate of drug-likeness (QED) is 0.532. The van der Waals surface area contributed by atoms with Crippen molar-refractivity contribution in [3.05, 3.63) is 95.4 Å². The molecule has 1 heterocycles. The number of fused-ring (bicyclic) bond motifs is 1. The molecule has 0 bridgehead atoms. The molecule has 4 rings (SSSR count). The van der Waals surface area contributed by atoms with Crippen molar-refractivity contribution < 1.29 is 9.21 Å². The highest BCUT2D eigenvalue weighted by Gasteiger charge is 2.08. The van der Waals surface area contributed by atoms with Gasteiger partial charge in [0, 0.05) is 17.7 Å². The number of anilines is 1. The van der Waals surface area contributed by atoms with Crippen LogP contribution >= 0.6 is 0 Å². The summed E-state index contributed by atoms with van der Waals surface area (Å²) in [5, 5.41) is 2.91.